The Morgan fingerprint density at radius 2 is 1.89 bits per heavy atom. The molecule has 0 saturated heterocycles. The number of carbonyl (C=O) groups is 1. The fraction of sp³-hybridized carbons (Fsp3) is 0.370. The second-order valence-electron chi connectivity index (χ2n) is 8.92. The molecular weight excluding hydrogens is 462 g/mol. The summed E-state index contributed by atoms with van der Waals surface area (Å²) in [7, 11) is 2.01. The molecule has 0 amide bonds. The first kappa shape index (κ1) is 24.7. The highest BCUT2D eigenvalue weighted by Gasteiger charge is 2.33. The SMILES string of the molecule is CCOc1ccc([C@H]2C(C(=O)OC(C)C)=C(C)N=c3sc(=Cc4cc(C)n(C)c4C)c(=O)n32)cc1. The van der Waals surface area contributed by atoms with Gasteiger partial charge in [0.05, 0.1) is 34.6 Å². The Morgan fingerprint density at radius 1 is 1.20 bits per heavy atom. The Bertz CT molecular complexity index is 1490. The summed E-state index contributed by atoms with van der Waals surface area (Å²) >= 11 is 1.33. The predicted octanol–water partition coefficient (Wildman–Crippen LogP) is 3.54. The van der Waals surface area contributed by atoms with Crippen LogP contribution in [0.15, 0.2) is 51.4 Å². The number of fused-ring (bicyclic) bond motifs is 1. The van der Waals surface area contributed by atoms with E-state index in [9.17, 15) is 9.59 Å². The van der Waals surface area contributed by atoms with Gasteiger partial charge in [0.2, 0.25) is 0 Å². The van der Waals surface area contributed by atoms with Gasteiger partial charge in [0.1, 0.15) is 5.75 Å². The zero-order chi connectivity index (χ0) is 25.4. The van der Waals surface area contributed by atoms with Crippen LogP contribution in [0.3, 0.4) is 0 Å². The first-order valence-corrected chi connectivity index (χ1v) is 12.5. The number of aromatic nitrogens is 2. The lowest BCUT2D eigenvalue weighted by atomic mass is 9.96. The molecule has 0 N–H and O–H groups in total. The van der Waals surface area contributed by atoms with Crippen LogP contribution in [-0.4, -0.2) is 27.8 Å². The van der Waals surface area contributed by atoms with Gasteiger partial charge in [-0.15, -0.1) is 0 Å². The number of esters is 1. The smallest absolute Gasteiger partial charge is 0.338 e. The lowest BCUT2D eigenvalue weighted by Crippen LogP contribution is -2.40. The Balaban J connectivity index is 1.93. The predicted molar refractivity (Wildman–Crippen MR) is 137 cm³/mol. The second kappa shape index (κ2) is 9.70. The van der Waals surface area contributed by atoms with Crippen LogP contribution in [0.1, 0.15) is 56.3 Å². The third-order valence-corrected chi connectivity index (χ3v) is 7.18. The van der Waals surface area contributed by atoms with Crippen LogP contribution < -0.4 is 19.6 Å². The number of ether oxygens (including phenoxy) is 2. The number of hydrogen-bond donors (Lipinski definition) is 0. The van der Waals surface area contributed by atoms with Crippen LogP contribution >= 0.6 is 11.3 Å². The molecule has 35 heavy (non-hydrogen) atoms. The lowest BCUT2D eigenvalue weighted by molar-refractivity contribution is -0.143. The number of hydrogen-bond acceptors (Lipinski definition) is 6. The van der Waals surface area contributed by atoms with Gasteiger partial charge in [-0.05, 0) is 76.9 Å². The van der Waals surface area contributed by atoms with Crippen molar-refractivity contribution in [2.45, 2.75) is 53.7 Å². The highest BCUT2D eigenvalue weighted by atomic mass is 32.1. The van der Waals surface area contributed by atoms with Crippen LogP contribution in [0, 0.1) is 13.8 Å². The van der Waals surface area contributed by atoms with Crippen molar-refractivity contribution in [2.75, 3.05) is 6.61 Å². The minimum atomic E-state index is -0.645. The van der Waals surface area contributed by atoms with E-state index in [1.54, 1.807) is 25.3 Å². The van der Waals surface area contributed by atoms with E-state index < -0.39 is 12.0 Å². The van der Waals surface area contributed by atoms with E-state index in [0.29, 0.717) is 27.2 Å². The number of allylic oxidation sites excluding steroid dienone is 1. The van der Waals surface area contributed by atoms with Gasteiger partial charge in [0.25, 0.3) is 5.56 Å². The minimum absolute atomic E-state index is 0.184. The summed E-state index contributed by atoms with van der Waals surface area (Å²) in [4.78, 5) is 32.2. The van der Waals surface area contributed by atoms with Crippen LogP contribution in [0.4, 0.5) is 0 Å². The fourth-order valence-electron chi connectivity index (χ4n) is 4.26. The maximum atomic E-state index is 13.7. The number of nitrogens with zero attached hydrogens (tertiary/aromatic N) is 3. The van der Waals surface area contributed by atoms with E-state index in [1.165, 1.54) is 11.3 Å². The van der Waals surface area contributed by atoms with Crippen molar-refractivity contribution in [3.63, 3.8) is 0 Å². The molecule has 0 bridgehead atoms. The van der Waals surface area contributed by atoms with Crippen molar-refractivity contribution >= 4 is 23.4 Å². The quantitative estimate of drug-likeness (QED) is 0.493. The van der Waals surface area contributed by atoms with Gasteiger partial charge in [-0.1, -0.05) is 23.5 Å². The van der Waals surface area contributed by atoms with E-state index in [2.05, 4.69) is 15.6 Å². The number of rotatable bonds is 6. The Kier molecular flexibility index (Phi) is 6.85. The van der Waals surface area contributed by atoms with Crippen molar-refractivity contribution < 1.29 is 14.3 Å². The molecule has 0 unspecified atom stereocenters. The summed E-state index contributed by atoms with van der Waals surface area (Å²) in [5, 5.41) is 0. The van der Waals surface area contributed by atoms with Gasteiger partial charge in [-0.3, -0.25) is 9.36 Å². The van der Waals surface area contributed by atoms with Crippen molar-refractivity contribution in [1.82, 2.24) is 9.13 Å². The molecule has 1 atom stereocenters. The standard InChI is InChI=1S/C27H31N3O4S/c1-8-33-21-11-9-19(10-12-21)24-23(26(32)34-15(2)3)17(5)28-27-30(24)25(31)22(35-27)14-20-13-16(4)29(7)18(20)6/h9-15,24H,8H2,1-7H3/t24-/m0/s1. The molecule has 0 radical (unpaired) electrons. The Hall–Kier alpha value is -3.39. The number of carbonyl (C=O) groups excluding carboxylic acids is 1. The van der Waals surface area contributed by atoms with Crippen molar-refractivity contribution in [3.05, 3.63) is 83.8 Å². The van der Waals surface area contributed by atoms with Crippen LogP contribution in [-0.2, 0) is 16.6 Å². The highest BCUT2D eigenvalue weighted by Crippen LogP contribution is 2.32. The average molecular weight is 494 g/mol. The summed E-state index contributed by atoms with van der Waals surface area (Å²) in [6, 6.07) is 8.90. The summed E-state index contributed by atoms with van der Waals surface area (Å²) in [6.45, 7) is 11.9. The molecule has 8 heteroatoms. The molecule has 2 aromatic heterocycles. The Labute approximate surface area is 208 Å². The van der Waals surface area contributed by atoms with Gasteiger partial charge < -0.3 is 14.0 Å². The molecular formula is C27H31N3O4S. The summed E-state index contributed by atoms with van der Waals surface area (Å²) in [6.07, 6.45) is 1.62. The lowest BCUT2D eigenvalue weighted by Gasteiger charge is -2.25. The summed E-state index contributed by atoms with van der Waals surface area (Å²) in [5.41, 5.74) is 4.71. The zero-order valence-corrected chi connectivity index (χ0v) is 22.0. The van der Waals surface area contributed by atoms with Gasteiger partial charge in [0, 0.05) is 18.4 Å². The molecule has 0 fully saturated rings. The van der Waals surface area contributed by atoms with Crippen LogP contribution in [0.5, 0.6) is 5.75 Å². The average Bonchev–Trinajstić information content (AvgIpc) is 3.23. The molecule has 1 aromatic carbocycles. The highest BCUT2D eigenvalue weighted by molar-refractivity contribution is 7.07. The van der Waals surface area contributed by atoms with E-state index in [-0.39, 0.29) is 11.7 Å². The number of thiazole rings is 1. The summed E-state index contributed by atoms with van der Waals surface area (Å²) in [5.74, 6) is 0.259. The molecule has 1 aliphatic rings. The third kappa shape index (κ3) is 4.62. The molecule has 3 aromatic rings. The van der Waals surface area contributed by atoms with E-state index >= 15 is 0 Å². The van der Waals surface area contributed by atoms with E-state index in [4.69, 9.17) is 9.47 Å². The second-order valence-corrected chi connectivity index (χ2v) is 9.93. The van der Waals surface area contributed by atoms with Gasteiger partial charge in [-0.2, -0.15) is 0 Å². The largest absolute Gasteiger partial charge is 0.494 e. The van der Waals surface area contributed by atoms with Crippen LogP contribution in [0.2, 0.25) is 0 Å². The molecule has 3 heterocycles. The van der Waals surface area contributed by atoms with Gasteiger partial charge >= 0.3 is 5.97 Å². The molecule has 4 rings (SSSR count). The maximum Gasteiger partial charge on any atom is 0.338 e. The minimum Gasteiger partial charge on any atom is -0.494 e. The van der Waals surface area contributed by atoms with Crippen molar-refractivity contribution in [1.29, 1.82) is 0 Å². The first-order valence-electron chi connectivity index (χ1n) is 11.7. The van der Waals surface area contributed by atoms with Gasteiger partial charge in [-0.25, -0.2) is 9.79 Å². The van der Waals surface area contributed by atoms with Crippen LogP contribution in [0.25, 0.3) is 6.08 Å². The third-order valence-electron chi connectivity index (χ3n) is 6.19. The first-order chi connectivity index (χ1) is 16.6. The normalized spacial score (nSPS) is 15.9. The molecule has 0 spiro atoms. The topological polar surface area (TPSA) is 74.8 Å². The molecule has 7 nitrogen and oxygen atoms in total. The summed E-state index contributed by atoms with van der Waals surface area (Å²) < 4.78 is 15.4. The van der Waals surface area contributed by atoms with E-state index in [1.807, 2.05) is 58.2 Å². The van der Waals surface area contributed by atoms with Gasteiger partial charge in [0.15, 0.2) is 4.80 Å². The number of benzene rings is 1. The maximum absolute atomic E-state index is 13.7. The fourth-order valence-corrected chi connectivity index (χ4v) is 5.30. The Morgan fingerprint density at radius 3 is 2.46 bits per heavy atom. The van der Waals surface area contributed by atoms with Crippen molar-refractivity contribution in [3.8, 4) is 5.75 Å². The molecule has 184 valence electrons. The number of aryl methyl sites for hydroxylation is 1. The molecule has 1 aliphatic heterocycles. The molecule has 0 saturated carbocycles. The van der Waals surface area contributed by atoms with Crippen molar-refractivity contribution in [2.24, 2.45) is 12.0 Å². The molecule has 0 aliphatic carbocycles. The zero-order valence-electron chi connectivity index (χ0n) is 21.2. The van der Waals surface area contributed by atoms with E-state index in [0.717, 1.165) is 28.3 Å². The monoisotopic (exact) mass is 493 g/mol.